The van der Waals surface area contributed by atoms with Crippen LogP contribution in [0.25, 0.3) is 0 Å². The highest BCUT2D eigenvalue weighted by Gasteiger charge is 2.11. The first-order valence-corrected chi connectivity index (χ1v) is 3.67. The van der Waals surface area contributed by atoms with E-state index in [0.29, 0.717) is 0 Å². The summed E-state index contributed by atoms with van der Waals surface area (Å²) in [7, 11) is 0. The minimum atomic E-state index is 0.797. The summed E-state index contributed by atoms with van der Waals surface area (Å²) >= 11 is 0. The van der Waals surface area contributed by atoms with Crippen molar-refractivity contribution in [1.29, 1.82) is 0 Å². The maximum Gasteiger partial charge on any atom is -0.00432 e. The zero-order valence-corrected chi connectivity index (χ0v) is 6.11. The number of hydrogen-bond donors (Lipinski definition) is 1. The molecule has 0 aromatic heterocycles. The van der Waals surface area contributed by atoms with Crippen molar-refractivity contribution >= 4 is 0 Å². The van der Waals surface area contributed by atoms with Crippen molar-refractivity contribution in [3.63, 3.8) is 0 Å². The monoisotopic (exact) mass is 125 g/mol. The maximum atomic E-state index is 3.95. The molecule has 0 radical (unpaired) electrons. The van der Waals surface area contributed by atoms with Crippen LogP contribution in [0.5, 0.6) is 0 Å². The molecule has 1 fully saturated rings. The largest absolute Gasteiger partial charge is 0.317 e. The van der Waals surface area contributed by atoms with E-state index in [9.17, 15) is 0 Å². The number of hydrogen-bond acceptors (Lipinski definition) is 1. The number of rotatable bonds is 1. The van der Waals surface area contributed by atoms with E-state index in [4.69, 9.17) is 0 Å². The zero-order valence-electron chi connectivity index (χ0n) is 6.11. The van der Waals surface area contributed by atoms with E-state index in [1.165, 1.54) is 31.5 Å². The predicted octanol–water partition coefficient (Wildman–Crippen LogP) is 1.56. The van der Waals surface area contributed by atoms with Crippen LogP contribution in [0.3, 0.4) is 0 Å². The van der Waals surface area contributed by atoms with Gasteiger partial charge in [-0.2, -0.15) is 0 Å². The van der Waals surface area contributed by atoms with Gasteiger partial charge in [0.15, 0.2) is 0 Å². The summed E-state index contributed by atoms with van der Waals surface area (Å²) in [5.41, 5.74) is 1.36. The van der Waals surface area contributed by atoms with E-state index in [1.54, 1.807) is 0 Å². The minimum Gasteiger partial charge on any atom is -0.317 e. The van der Waals surface area contributed by atoms with E-state index in [2.05, 4.69) is 18.8 Å². The van der Waals surface area contributed by atoms with Gasteiger partial charge in [-0.3, -0.25) is 0 Å². The molecule has 52 valence electrons. The summed E-state index contributed by atoms with van der Waals surface area (Å²) in [5, 5.41) is 3.33. The third-order valence-electron chi connectivity index (χ3n) is 2.04. The molecule has 1 heteroatoms. The predicted molar refractivity (Wildman–Crippen MR) is 40.4 cm³/mol. The highest BCUT2D eigenvalue weighted by molar-refractivity contribution is 4.97. The van der Waals surface area contributed by atoms with E-state index >= 15 is 0 Å². The van der Waals surface area contributed by atoms with E-state index < -0.39 is 0 Å². The van der Waals surface area contributed by atoms with Crippen molar-refractivity contribution in [2.75, 3.05) is 13.1 Å². The standard InChI is InChI=1S/C8H15N/c1-7(2)8-3-5-9-6-4-8/h8-9H,1,3-6H2,2H3. The molecule has 1 heterocycles. The van der Waals surface area contributed by atoms with Crippen molar-refractivity contribution in [3.05, 3.63) is 12.2 Å². The Morgan fingerprint density at radius 3 is 2.33 bits per heavy atom. The van der Waals surface area contributed by atoms with Crippen LogP contribution in [0.15, 0.2) is 12.2 Å². The Balaban J connectivity index is 2.31. The van der Waals surface area contributed by atoms with Crippen LogP contribution >= 0.6 is 0 Å². The van der Waals surface area contributed by atoms with Crippen molar-refractivity contribution in [3.8, 4) is 0 Å². The smallest absolute Gasteiger partial charge is 0.00432 e. The molecule has 0 aliphatic carbocycles. The van der Waals surface area contributed by atoms with Gasteiger partial charge in [-0.1, -0.05) is 12.2 Å². The van der Waals surface area contributed by atoms with Gasteiger partial charge in [0.1, 0.15) is 0 Å². The van der Waals surface area contributed by atoms with Crippen LogP contribution in [0, 0.1) is 5.92 Å². The van der Waals surface area contributed by atoms with Gasteiger partial charge in [0.05, 0.1) is 0 Å². The molecule has 0 unspecified atom stereocenters. The molecule has 9 heavy (non-hydrogen) atoms. The summed E-state index contributed by atoms with van der Waals surface area (Å²) in [4.78, 5) is 0. The summed E-state index contributed by atoms with van der Waals surface area (Å²) in [6.45, 7) is 8.44. The third kappa shape index (κ3) is 1.83. The summed E-state index contributed by atoms with van der Waals surface area (Å²) in [6, 6.07) is 0. The topological polar surface area (TPSA) is 12.0 Å². The number of piperidine rings is 1. The minimum absolute atomic E-state index is 0.797. The lowest BCUT2D eigenvalue weighted by molar-refractivity contribution is 0.421. The molecule has 1 nitrogen and oxygen atoms in total. The van der Waals surface area contributed by atoms with Gasteiger partial charge in [0, 0.05) is 0 Å². The average molecular weight is 125 g/mol. The summed E-state index contributed by atoms with van der Waals surface area (Å²) in [5.74, 6) is 0.797. The Kier molecular flexibility index (Phi) is 2.29. The molecular formula is C8H15N. The van der Waals surface area contributed by atoms with Gasteiger partial charge in [-0.15, -0.1) is 0 Å². The Morgan fingerprint density at radius 2 is 2.00 bits per heavy atom. The van der Waals surface area contributed by atoms with Crippen molar-refractivity contribution in [2.45, 2.75) is 19.8 Å². The van der Waals surface area contributed by atoms with Crippen LogP contribution in [-0.4, -0.2) is 13.1 Å². The van der Waals surface area contributed by atoms with Crippen LogP contribution in [0.4, 0.5) is 0 Å². The fourth-order valence-corrected chi connectivity index (χ4v) is 1.31. The van der Waals surface area contributed by atoms with Crippen LogP contribution < -0.4 is 5.32 Å². The first-order chi connectivity index (χ1) is 4.30. The maximum absolute atomic E-state index is 3.95. The van der Waals surface area contributed by atoms with E-state index in [-0.39, 0.29) is 0 Å². The first-order valence-electron chi connectivity index (χ1n) is 3.67. The molecule has 1 saturated heterocycles. The highest BCUT2D eigenvalue weighted by atomic mass is 14.9. The van der Waals surface area contributed by atoms with Crippen molar-refractivity contribution < 1.29 is 0 Å². The molecule has 1 aliphatic rings. The van der Waals surface area contributed by atoms with Gasteiger partial charge >= 0.3 is 0 Å². The molecule has 0 spiro atoms. The van der Waals surface area contributed by atoms with Crippen molar-refractivity contribution in [2.24, 2.45) is 5.92 Å². The average Bonchev–Trinajstić information content (AvgIpc) is 1.90. The van der Waals surface area contributed by atoms with Gasteiger partial charge in [0.25, 0.3) is 0 Å². The van der Waals surface area contributed by atoms with Gasteiger partial charge in [-0.25, -0.2) is 0 Å². The van der Waals surface area contributed by atoms with E-state index in [0.717, 1.165) is 5.92 Å². The van der Waals surface area contributed by atoms with Crippen LogP contribution in [-0.2, 0) is 0 Å². The Hall–Kier alpha value is -0.300. The molecule has 0 aromatic carbocycles. The lowest BCUT2D eigenvalue weighted by atomic mass is 9.92. The highest BCUT2D eigenvalue weighted by Crippen LogP contribution is 2.18. The normalized spacial score (nSPS) is 21.9. The molecule has 0 bridgehead atoms. The molecule has 0 saturated carbocycles. The summed E-state index contributed by atoms with van der Waals surface area (Å²) in [6.07, 6.45) is 2.57. The lowest BCUT2D eigenvalue weighted by Crippen LogP contribution is -2.27. The van der Waals surface area contributed by atoms with Gasteiger partial charge in [-0.05, 0) is 38.8 Å². The van der Waals surface area contributed by atoms with Gasteiger partial charge < -0.3 is 5.32 Å². The second-order valence-corrected chi connectivity index (χ2v) is 2.87. The molecular weight excluding hydrogens is 110 g/mol. The number of nitrogens with one attached hydrogen (secondary N) is 1. The number of allylic oxidation sites excluding steroid dienone is 1. The molecule has 0 atom stereocenters. The fraction of sp³-hybridized carbons (Fsp3) is 0.750. The second-order valence-electron chi connectivity index (χ2n) is 2.87. The molecule has 0 amide bonds. The molecule has 1 aliphatic heterocycles. The Labute approximate surface area is 57.1 Å². The molecule has 0 aromatic rings. The second kappa shape index (κ2) is 3.02. The zero-order chi connectivity index (χ0) is 6.69. The van der Waals surface area contributed by atoms with Crippen LogP contribution in [0.2, 0.25) is 0 Å². The lowest BCUT2D eigenvalue weighted by Gasteiger charge is -2.22. The quantitative estimate of drug-likeness (QED) is 0.524. The third-order valence-corrected chi connectivity index (χ3v) is 2.04. The van der Waals surface area contributed by atoms with Crippen molar-refractivity contribution in [1.82, 2.24) is 5.32 Å². The first kappa shape index (κ1) is 6.81. The molecule has 1 N–H and O–H groups in total. The van der Waals surface area contributed by atoms with Crippen LogP contribution in [0.1, 0.15) is 19.8 Å². The van der Waals surface area contributed by atoms with E-state index in [1.807, 2.05) is 0 Å². The Morgan fingerprint density at radius 1 is 1.44 bits per heavy atom. The fourth-order valence-electron chi connectivity index (χ4n) is 1.31. The molecule has 1 rings (SSSR count). The van der Waals surface area contributed by atoms with Gasteiger partial charge in [0.2, 0.25) is 0 Å². The summed E-state index contributed by atoms with van der Waals surface area (Å²) < 4.78 is 0. The SMILES string of the molecule is C=C(C)C1CCNCC1. The Bertz CT molecular complexity index is 101.